The summed E-state index contributed by atoms with van der Waals surface area (Å²) in [6, 6.07) is 4.45. The maximum absolute atomic E-state index is 13.1. The van der Waals surface area contributed by atoms with E-state index in [-0.39, 0.29) is 23.7 Å². The van der Waals surface area contributed by atoms with Gasteiger partial charge in [0.15, 0.2) is 0 Å². The van der Waals surface area contributed by atoms with E-state index in [9.17, 15) is 14.0 Å². The van der Waals surface area contributed by atoms with E-state index in [1.807, 2.05) is 0 Å². The molecule has 3 N–H and O–H groups in total. The molecule has 0 radical (unpaired) electrons. The van der Waals surface area contributed by atoms with E-state index >= 15 is 0 Å². The first-order chi connectivity index (χ1) is 9.42. The molecule has 1 rings (SSSR count). The average molecular weight is 279 g/mol. The molecule has 106 valence electrons. The zero-order valence-corrected chi connectivity index (χ0v) is 10.8. The lowest BCUT2D eigenvalue weighted by Gasteiger charge is -2.13. The summed E-state index contributed by atoms with van der Waals surface area (Å²) in [6.07, 6.45) is 0.256. The van der Waals surface area contributed by atoms with Crippen molar-refractivity contribution in [3.63, 3.8) is 0 Å². The van der Waals surface area contributed by atoms with Crippen LogP contribution in [0.2, 0.25) is 0 Å². The molecule has 2 amide bonds. The monoisotopic (exact) mass is 279 g/mol. The predicted molar refractivity (Wildman–Crippen MR) is 69.6 cm³/mol. The van der Waals surface area contributed by atoms with E-state index < -0.39 is 17.8 Å². The highest BCUT2D eigenvalue weighted by Gasteiger charge is 2.10. The second-order valence-electron chi connectivity index (χ2n) is 4.24. The molecule has 7 heteroatoms. The third kappa shape index (κ3) is 4.94. The van der Waals surface area contributed by atoms with E-state index in [0.717, 1.165) is 6.07 Å². The van der Waals surface area contributed by atoms with Gasteiger partial charge in [-0.05, 0) is 31.5 Å². The number of hydrogen-bond acceptors (Lipinski definition) is 3. The summed E-state index contributed by atoms with van der Waals surface area (Å²) in [6.45, 7) is 1.67. The van der Waals surface area contributed by atoms with Gasteiger partial charge in [0.05, 0.1) is 5.56 Å². The molecule has 20 heavy (non-hydrogen) atoms. The molecular formula is C13H14FN3O3. The summed E-state index contributed by atoms with van der Waals surface area (Å²) in [4.78, 5) is 22.0. The van der Waals surface area contributed by atoms with Gasteiger partial charge in [-0.15, -0.1) is 0 Å². The van der Waals surface area contributed by atoms with Gasteiger partial charge in [0.2, 0.25) is 0 Å². The molecule has 0 saturated heterocycles. The number of nitrogens with one attached hydrogen (secondary N) is 2. The fourth-order valence-corrected chi connectivity index (χ4v) is 1.49. The Morgan fingerprint density at radius 1 is 1.50 bits per heavy atom. The van der Waals surface area contributed by atoms with Crippen molar-refractivity contribution in [3.05, 3.63) is 29.6 Å². The van der Waals surface area contributed by atoms with Crippen molar-refractivity contribution >= 4 is 17.7 Å². The molecule has 0 spiro atoms. The molecule has 1 aromatic rings. The van der Waals surface area contributed by atoms with E-state index in [1.54, 1.807) is 13.0 Å². The maximum atomic E-state index is 13.1. The molecule has 0 aliphatic heterocycles. The van der Waals surface area contributed by atoms with Gasteiger partial charge in [-0.2, -0.15) is 5.26 Å². The number of carbonyl (C=O) groups excluding carboxylic acids is 1. The van der Waals surface area contributed by atoms with Crippen molar-refractivity contribution in [2.45, 2.75) is 25.8 Å². The predicted octanol–water partition coefficient (Wildman–Crippen LogP) is 2.07. The second-order valence-corrected chi connectivity index (χ2v) is 4.24. The van der Waals surface area contributed by atoms with Gasteiger partial charge in [-0.25, -0.2) is 9.18 Å². The zero-order chi connectivity index (χ0) is 15.1. The number of hydrogen-bond donors (Lipinski definition) is 3. The number of nitriles is 1. The highest BCUT2D eigenvalue weighted by atomic mass is 19.1. The first kappa shape index (κ1) is 15.4. The van der Waals surface area contributed by atoms with Crippen LogP contribution in [0, 0.1) is 17.1 Å². The van der Waals surface area contributed by atoms with Crippen molar-refractivity contribution in [1.29, 1.82) is 5.26 Å². The standard InChI is InChI=1S/C13H14FN3O3/c1-8(2-5-12(18)19)16-13(20)17-10-3-4-11(14)9(6-10)7-15/h3-4,6,8H,2,5H2,1H3,(H,18,19)(H2,16,17,20). The number of nitrogens with zero attached hydrogens (tertiary/aromatic N) is 1. The Morgan fingerprint density at radius 3 is 2.80 bits per heavy atom. The van der Waals surface area contributed by atoms with Crippen LogP contribution in [0.15, 0.2) is 18.2 Å². The summed E-state index contributed by atoms with van der Waals surface area (Å²) in [5.41, 5.74) is 0.118. The molecule has 0 aromatic heterocycles. The SMILES string of the molecule is CC(CCC(=O)O)NC(=O)Nc1ccc(F)c(C#N)c1. The van der Waals surface area contributed by atoms with Crippen LogP contribution in [0.1, 0.15) is 25.3 Å². The van der Waals surface area contributed by atoms with Gasteiger partial charge < -0.3 is 15.7 Å². The summed E-state index contributed by atoms with van der Waals surface area (Å²) >= 11 is 0. The molecule has 0 aliphatic rings. The van der Waals surface area contributed by atoms with Crippen LogP contribution >= 0.6 is 0 Å². The number of carboxylic acid groups (broad SMARTS) is 1. The topological polar surface area (TPSA) is 102 Å². The largest absolute Gasteiger partial charge is 0.481 e. The van der Waals surface area contributed by atoms with Gasteiger partial charge >= 0.3 is 12.0 Å². The number of rotatable bonds is 5. The Kier molecular flexibility index (Phi) is 5.47. The molecule has 0 fully saturated rings. The number of anilines is 1. The van der Waals surface area contributed by atoms with Crippen LogP contribution in [0.25, 0.3) is 0 Å². The highest BCUT2D eigenvalue weighted by molar-refractivity contribution is 5.89. The van der Waals surface area contributed by atoms with Crippen LogP contribution in [0.4, 0.5) is 14.9 Å². The fourth-order valence-electron chi connectivity index (χ4n) is 1.49. The second kappa shape index (κ2) is 7.09. The Bertz CT molecular complexity index is 554. The van der Waals surface area contributed by atoms with Gasteiger partial charge in [-0.1, -0.05) is 0 Å². The average Bonchev–Trinajstić information content (AvgIpc) is 2.38. The van der Waals surface area contributed by atoms with Crippen LogP contribution < -0.4 is 10.6 Å². The smallest absolute Gasteiger partial charge is 0.319 e. The minimum atomic E-state index is -0.934. The number of aliphatic carboxylic acids is 1. The number of carboxylic acids is 1. The van der Waals surface area contributed by atoms with Crippen LogP contribution in [-0.2, 0) is 4.79 Å². The quantitative estimate of drug-likeness (QED) is 0.767. The minimum absolute atomic E-state index is 0.0451. The molecule has 1 unspecified atom stereocenters. The summed E-state index contributed by atoms with van der Waals surface area (Å²) in [7, 11) is 0. The van der Waals surface area contributed by atoms with Gasteiger partial charge in [0, 0.05) is 18.2 Å². The van der Waals surface area contributed by atoms with Crippen molar-refractivity contribution < 1.29 is 19.1 Å². The Labute approximate surface area is 115 Å². The van der Waals surface area contributed by atoms with E-state index in [4.69, 9.17) is 10.4 Å². The van der Waals surface area contributed by atoms with Gasteiger partial charge in [0.25, 0.3) is 0 Å². The summed E-state index contributed by atoms with van der Waals surface area (Å²) in [5, 5.41) is 22.2. The van der Waals surface area contributed by atoms with E-state index in [0.29, 0.717) is 6.42 Å². The molecule has 1 atom stereocenters. The maximum Gasteiger partial charge on any atom is 0.319 e. The van der Waals surface area contributed by atoms with E-state index in [2.05, 4.69) is 10.6 Å². The van der Waals surface area contributed by atoms with Crippen LogP contribution in [-0.4, -0.2) is 23.1 Å². The van der Waals surface area contributed by atoms with Crippen LogP contribution in [0.5, 0.6) is 0 Å². The molecule has 0 bridgehead atoms. The lowest BCUT2D eigenvalue weighted by atomic mass is 10.2. The fraction of sp³-hybridized carbons (Fsp3) is 0.308. The molecular weight excluding hydrogens is 265 g/mol. The van der Waals surface area contributed by atoms with Crippen molar-refractivity contribution in [2.75, 3.05) is 5.32 Å². The minimum Gasteiger partial charge on any atom is -0.481 e. The Morgan fingerprint density at radius 2 is 2.20 bits per heavy atom. The molecule has 1 aromatic carbocycles. The normalized spacial score (nSPS) is 11.2. The molecule has 0 aliphatic carbocycles. The van der Waals surface area contributed by atoms with Gasteiger partial charge in [-0.3, -0.25) is 4.79 Å². The third-order valence-corrected chi connectivity index (χ3v) is 2.51. The Hall–Kier alpha value is -2.62. The number of amides is 2. The first-order valence-electron chi connectivity index (χ1n) is 5.91. The summed E-state index contributed by atoms with van der Waals surface area (Å²) < 4.78 is 13.1. The van der Waals surface area contributed by atoms with Crippen LogP contribution in [0.3, 0.4) is 0 Å². The first-order valence-corrected chi connectivity index (χ1v) is 5.91. The number of carbonyl (C=O) groups is 2. The number of halogens is 1. The van der Waals surface area contributed by atoms with Gasteiger partial charge in [0.1, 0.15) is 11.9 Å². The molecule has 0 saturated carbocycles. The zero-order valence-electron chi connectivity index (χ0n) is 10.8. The number of benzene rings is 1. The Balaban J connectivity index is 2.54. The summed E-state index contributed by atoms with van der Waals surface area (Å²) in [5.74, 6) is -1.59. The van der Waals surface area contributed by atoms with E-state index in [1.165, 1.54) is 12.1 Å². The van der Waals surface area contributed by atoms with Crippen molar-refractivity contribution in [3.8, 4) is 6.07 Å². The highest BCUT2D eigenvalue weighted by Crippen LogP contribution is 2.13. The molecule has 6 nitrogen and oxygen atoms in total. The van der Waals surface area contributed by atoms with Crippen molar-refractivity contribution in [2.24, 2.45) is 0 Å². The third-order valence-electron chi connectivity index (χ3n) is 2.51. The number of urea groups is 1. The lowest BCUT2D eigenvalue weighted by molar-refractivity contribution is -0.137. The molecule has 0 heterocycles. The lowest BCUT2D eigenvalue weighted by Crippen LogP contribution is -2.36. The van der Waals surface area contributed by atoms with Crippen molar-refractivity contribution in [1.82, 2.24) is 5.32 Å².